The number of methoxy groups -OCH3 is 1. The summed E-state index contributed by atoms with van der Waals surface area (Å²) in [7, 11) is 1.63. The number of benzene rings is 2. The third-order valence-electron chi connectivity index (χ3n) is 3.02. The van der Waals surface area contributed by atoms with Gasteiger partial charge in [0, 0.05) is 0 Å². The second-order valence-corrected chi connectivity index (χ2v) is 4.26. The van der Waals surface area contributed by atoms with Gasteiger partial charge in [0.25, 0.3) is 0 Å². The van der Waals surface area contributed by atoms with Crippen LogP contribution in [0.3, 0.4) is 0 Å². The van der Waals surface area contributed by atoms with Crippen LogP contribution in [-0.2, 0) is 0 Å². The standard InChI is InChI=1S/C15H16FNO/c1-10-3-4-12(9-14(10)18-2)15(17)11-5-7-13(16)8-6-11/h3-9,15H,17H2,1-2H3. The first-order valence-electron chi connectivity index (χ1n) is 5.77. The van der Waals surface area contributed by atoms with E-state index in [1.165, 1.54) is 12.1 Å². The van der Waals surface area contributed by atoms with Gasteiger partial charge in [-0.1, -0.05) is 24.3 Å². The van der Waals surface area contributed by atoms with Gasteiger partial charge in [0.05, 0.1) is 13.2 Å². The first-order valence-corrected chi connectivity index (χ1v) is 5.77. The summed E-state index contributed by atoms with van der Waals surface area (Å²) >= 11 is 0. The minimum atomic E-state index is -0.278. The second kappa shape index (κ2) is 5.19. The average Bonchev–Trinajstić information content (AvgIpc) is 2.39. The van der Waals surface area contributed by atoms with E-state index in [0.717, 1.165) is 22.4 Å². The van der Waals surface area contributed by atoms with Crippen molar-refractivity contribution in [2.24, 2.45) is 5.73 Å². The molecule has 1 atom stereocenters. The molecule has 2 aromatic rings. The van der Waals surface area contributed by atoms with Crippen LogP contribution < -0.4 is 10.5 Å². The highest BCUT2D eigenvalue weighted by atomic mass is 19.1. The fourth-order valence-corrected chi connectivity index (χ4v) is 1.89. The van der Waals surface area contributed by atoms with Crippen molar-refractivity contribution in [3.63, 3.8) is 0 Å². The van der Waals surface area contributed by atoms with Crippen molar-refractivity contribution in [2.75, 3.05) is 7.11 Å². The molecular weight excluding hydrogens is 229 g/mol. The zero-order valence-corrected chi connectivity index (χ0v) is 10.5. The maximum absolute atomic E-state index is 12.9. The van der Waals surface area contributed by atoms with Crippen molar-refractivity contribution in [1.82, 2.24) is 0 Å². The highest BCUT2D eigenvalue weighted by Crippen LogP contribution is 2.25. The normalized spacial score (nSPS) is 12.2. The van der Waals surface area contributed by atoms with Crippen molar-refractivity contribution in [2.45, 2.75) is 13.0 Å². The summed E-state index contributed by atoms with van der Waals surface area (Å²) in [4.78, 5) is 0. The molecule has 0 bridgehead atoms. The number of hydrogen-bond acceptors (Lipinski definition) is 2. The Bertz CT molecular complexity index is 537. The fourth-order valence-electron chi connectivity index (χ4n) is 1.89. The molecule has 2 aromatic carbocycles. The highest BCUT2D eigenvalue weighted by molar-refractivity contribution is 5.41. The number of aryl methyl sites for hydroxylation is 1. The predicted octanol–water partition coefficient (Wildman–Crippen LogP) is 3.19. The molecule has 0 aliphatic rings. The number of nitrogens with two attached hydrogens (primary N) is 1. The Labute approximate surface area is 106 Å². The van der Waals surface area contributed by atoms with Crippen LogP contribution >= 0.6 is 0 Å². The van der Waals surface area contributed by atoms with Gasteiger partial charge in [-0.05, 0) is 41.8 Å². The zero-order valence-electron chi connectivity index (χ0n) is 10.5. The molecule has 0 heterocycles. The third kappa shape index (κ3) is 2.51. The van der Waals surface area contributed by atoms with E-state index in [0.29, 0.717) is 0 Å². The van der Waals surface area contributed by atoms with Crippen molar-refractivity contribution in [1.29, 1.82) is 0 Å². The average molecular weight is 245 g/mol. The van der Waals surface area contributed by atoms with Crippen molar-refractivity contribution < 1.29 is 9.13 Å². The lowest BCUT2D eigenvalue weighted by atomic mass is 9.98. The van der Waals surface area contributed by atoms with E-state index in [1.54, 1.807) is 19.2 Å². The Morgan fingerprint density at radius 1 is 1.06 bits per heavy atom. The molecule has 2 nitrogen and oxygen atoms in total. The smallest absolute Gasteiger partial charge is 0.123 e. The van der Waals surface area contributed by atoms with E-state index in [4.69, 9.17) is 10.5 Å². The maximum Gasteiger partial charge on any atom is 0.123 e. The van der Waals surface area contributed by atoms with E-state index < -0.39 is 0 Å². The number of hydrogen-bond donors (Lipinski definition) is 1. The summed E-state index contributed by atoms with van der Waals surface area (Å²) in [5, 5.41) is 0. The molecule has 0 amide bonds. The van der Waals surface area contributed by atoms with Gasteiger partial charge in [-0.15, -0.1) is 0 Å². The molecule has 18 heavy (non-hydrogen) atoms. The van der Waals surface area contributed by atoms with Crippen LogP contribution in [0.4, 0.5) is 4.39 Å². The lowest BCUT2D eigenvalue weighted by Gasteiger charge is -2.14. The van der Waals surface area contributed by atoms with E-state index >= 15 is 0 Å². The molecule has 1 unspecified atom stereocenters. The minimum absolute atomic E-state index is 0.257. The van der Waals surface area contributed by atoms with Crippen molar-refractivity contribution in [3.05, 3.63) is 65.0 Å². The van der Waals surface area contributed by atoms with E-state index in [1.807, 2.05) is 25.1 Å². The number of ether oxygens (including phenoxy) is 1. The Balaban J connectivity index is 2.33. The molecule has 2 rings (SSSR count). The van der Waals surface area contributed by atoms with Crippen molar-refractivity contribution >= 4 is 0 Å². The minimum Gasteiger partial charge on any atom is -0.496 e. The summed E-state index contributed by atoms with van der Waals surface area (Å²) < 4.78 is 18.1. The Hall–Kier alpha value is -1.87. The molecule has 0 saturated heterocycles. The molecule has 94 valence electrons. The molecule has 0 spiro atoms. The lowest BCUT2D eigenvalue weighted by Crippen LogP contribution is -2.12. The van der Waals surface area contributed by atoms with Gasteiger partial charge in [-0.3, -0.25) is 0 Å². The summed E-state index contributed by atoms with van der Waals surface area (Å²) in [5.74, 6) is 0.553. The van der Waals surface area contributed by atoms with Crippen LogP contribution in [-0.4, -0.2) is 7.11 Å². The van der Waals surface area contributed by atoms with Gasteiger partial charge in [0.15, 0.2) is 0 Å². The van der Waals surface area contributed by atoms with Crippen LogP contribution in [0.1, 0.15) is 22.7 Å². The number of halogens is 1. The third-order valence-corrected chi connectivity index (χ3v) is 3.02. The van der Waals surface area contributed by atoms with E-state index in [2.05, 4.69) is 0 Å². The molecule has 0 fully saturated rings. The largest absolute Gasteiger partial charge is 0.496 e. The van der Waals surface area contributed by atoms with Gasteiger partial charge in [-0.2, -0.15) is 0 Å². The topological polar surface area (TPSA) is 35.2 Å². The summed E-state index contributed by atoms with van der Waals surface area (Å²) in [5.41, 5.74) is 9.05. The monoisotopic (exact) mass is 245 g/mol. The summed E-state index contributed by atoms with van der Waals surface area (Å²) in [6.45, 7) is 1.98. The van der Waals surface area contributed by atoms with E-state index in [-0.39, 0.29) is 11.9 Å². The highest BCUT2D eigenvalue weighted by Gasteiger charge is 2.10. The molecule has 0 aromatic heterocycles. The first kappa shape index (κ1) is 12.6. The molecular formula is C15H16FNO. The molecule has 3 heteroatoms. The summed E-state index contributed by atoms with van der Waals surface area (Å²) in [6, 6.07) is 11.8. The summed E-state index contributed by atoms with van der Waals surface area (Å²) in [6.07, 6.45) is 0. The maximum atomic E-state index is 12.9. The fraction of sp³-hybridized carbons (Fsp3) is 0.200. The van der Waals surface area contributed by atoms with Gasteiger partial charge in [-0.25, -0.2) is 4.39 Å². The molecule has 0 aliphatic carbocycles. The van der Waals surface area contributed by atoms with E-state index in [9.17, 15) is 4.39 Å². The quantitative estimate of drug-likeness (QED) is 0.901. The van der Waals surface area contributed by atoms with Crippen LogP contribution in [0.5, 0.6) is 5.75 Å². The molecule has 2 N–H and O–H groups in total. The first-order chi connectivity index (χ1) is 8.61. The molecule has 0 radical (unpaired) electrons. The van der Waals surface area contributed by atoms with Gasteiger partial charge >= 0.3 is 0 Å². The SMILES string of the molecule is COc1cc(C(N)c2ccc(F)cc2)ccc1C. The Morgan fingerprint density at radius 2 is 1.67 bits per heavy atom. The Kier molecular flexibility index (Phi) is 3.63. The molecule has 0 saturated carbocycles. The van der Waals surface area contributed by atoms with Crippen LogP contribution in [0.2, 0.25) is 0 Å². The van der Waals surface area contributed by atoms with Crippen LogP contribution in [0.15, 0.2) is 42.5 Å². The van der Waals surface area contributed by atoms with Gasteiger partial charge in [0.1, 0.15) is 11.6 Å². The van der Waals surface area contributed by atoms with Gasteiger partial charge < -0.3 is 10.5 Å². The zero-order chi connectivity index (χ0) is 13.1. The molecule has 0 aliphatic heterocycles. The second-order valence-electron chi connectivity index (χ2n) is 4.26. The van der Waals surface area contributed by atoms with Crippen LogP contribution in [0, 0.1) is 12.7 Å². The van der Waals surface area contributed by atoms with Crippen LogP contribution in [0.25, 0.3) is 0 Å². The van der Waals surface area contributed by atoms with Gasteiger partial charge in [0.2, 0.25) is 0 Å². The Morgan fingerprint density at radius 3 is 2.28 bits per heavy atom. The van der Waals surface area contributed by atoms with Crippen molar-refractivity contribution in [3.8, 4) is 5.75 Å². The lowest BCUT2D eigenvalue weighted by molar-refractivity contribution is 0.411. The number of rotatable bonds is 3. The predicted molar refractivity (Wildman–Crippen MR) is 70.2 cm³/mol.